The first-order valence-corrected chi connectivity index (χ1v) is 8.45. The van der Waals surface area contributed by atoms with Gasteiger partial charge >= 0.3 is 0 Å². The van der Waals surface area contributed by atoms with Crippen LogP contribution in [0.5, 0.6) is 0 Å². The van der Waals surface area contributed by atoms with Gasteiger partial charge in [0.1, 0.15) is 0 Å². The molecule has 0 saturated heterocycles. The number of carbonyl (C=O) groups excluding carboxylic acids is 1. The van der Waals surface area contributed by atoms with Gasteiger partial charge in [0, 0.05) is 22.5 Å². The molecular formula is C18H21N3OS. The molecule has 2 aromatic heterocycles. The third kappa shape index (κ3) is 3.15. The molecule has 1 N–H and O–H groups in total. The zero-order valence-electron chi connectivity index (χ0n) is 14.1. The van der Waals surface area contributed by atoms with E-state index in [9.17, 15) is 4.79 Å². The van der Waals surface area contributed by atoms with Crippen molar-refractivity contribution in [1.29, 1.82) is 0 Å². The van der Waals surface area contributed by atoms with E-state index >= 15 is 0 Å². The predicted octanol–water partition coefficient (Wildman–Crippen LogP) is 4.23. The number of benzene rings is 1. The molecule has 0 aliphatic heterocycles. The number of thiazole rings is 1. The number of nitrogens with zero attached hydrogens (tertiary/aromatic N) is 2. The largest absolute Gasteiger partial charge is 0.347 e. The normalized spacial score (nSPS) is 11.9. The third-order valence-corrected chi connectivity index (χ3v) is 4.59. The molecule has 0 radical (unpaired) electrons. The van der Waals surface area contributed by atoms with Crippen molar-refractivity contribution in [3.05, 3.63) is 47.3 Å². The van der Waals surface area contributed by atoms with Gasteiger partial charge in [-0.25, -0.2) is 4.98 Å². The smallest absolute Gasteiger partial charge is 0.251 e. The maximum Gasteiger partial charge on any atom is 0.251 e. The number of fused-ring (bicyclic) bond motifs is 1. The van der Waals surface area contributed by atoms with Gasteiger partial charge in [-0.1, -0.05) is 11.3 Å². The van der Waals surface area contributed by atoms with Gasteiger partial charge < -0.3 is 5.32 Å². The second-order valence-electron chi connectivity index (χ2n) is 6.83. The highest BCUT2D eigenvalue weighted by molar-refractivity contribution is 7.20. The fourth-order valence-corrected chi connectivity index (χ4v) is 3.66. The lowest BCUT2D eigenvalue weighted by molar-refractivity contribution is 0.0919. The first-order chi connectivity index (χ1) is 10.7. The number of amides is 1. The topological polar surface area (TPSA) is 46.9 Å². The minimum absolute atomic E-state index is 0.0531. The summed E-state index contributed by atoms with van der Waals surface area (Å²) < 4.78 is 3.16. The molecular weight excluding hydrogens is 306 g/mol. The lowest BCUT2D eigenvalue weighted by Crippen LogP contribution is -2.40. The number of aromatic nitrogens is 2. The molecule has 120 valence electrons. The number of carbonyl (C=O) groups is 1. The molecule has 0 aliphatic rings. The summed E-state index contributed by atoms with van der Waals surface area (Å²) in [5, 5.41) is 3.93. The van der Waals surface area contributed by atoms with E-state index in [2.05, 4.69) is 35.9 Å². The van der Waals surface area contributed by atoms with Gasteiger partial charge in [0.25, 0.3) is 5.91 Å². The maximum atomic E-state index is 12.3. The molecule has 1 aromatic carbocycles. The van der Waals surface area contributed by atoms with E-state index in [0.29, 0.717) is 5.56 Å². The first-order valence-electron chi connectivity index (χ1n) is 7.63. The maximum absolute atomic E-state index is 12.3. The molecule has 0 bridgehead atoms. The molecule has 0 aliphatic carbocycles. The molecule has 2 heterocycles. The molecule has 4 nitrogen and oxygen atoms in total. The summed E-state index contributed by atoms with van der Waals surface area (Å²) in [5.41, 5.74) is 3.66. The van der Waals surface area contributed by atoms with Crippen LogP contribution in [-0.2, 0) is 0 Å². The lowest BCUT2D eigenvalue weighted by atomic mass is 10.1. The number of nitrogens with one attached hydrogen (secondary N) is 1. The fraction of sp³-hybridized carbons (Fsp3) is 0.333. The zero-order valence-corrected chi connectivity index (χ0v) is 14.9. The molecule has 0 saturated carbocycles. The highest BCUT2D eigenvalue weighted by Crippen LogP contribution is 2.28. The summed E-state index contributed by atoms with van der Waals surface area (Å²) in [6.45, 7) is 10.1. The van der Waals surface area contributed by atoms with Crippen LogP contribution in [-0.4, -0.2) is 21.0 Å². The van der Waals surface area contributed by atoms with Crippen molar-refractivity contribution < 1.29 is 4.79 Å². The van der Waals surface area contributed by atoms with E-state index in [-0.39, 0.29) is 11.4 Å². The van der Waals surface area contributed by atoms with Crippen molar-refractivity contribution >= 4 is 27.5 Å². The van der Waals surface area contributed by atoms with Crippen LogP contribution in [0.2, 0.25) is 0 Å². The number of hydrogen-bond acceptors (Lipinski definition) is 3. The Bertz CT molecular complexity index is 864. The molecule has 0 unspecified atom stereocenters. The van der Waals surface area contributed by atoms with Gasteiger partial charge in [-0.2, -0.15) is 0 Å². The van der Waals surface area contributed by atoms with E-state index in [1.165, 1.54) is 0 Å². The van der Waals surface area contributed by atoms with Gasteiger partial charge in [0.2, 0.25) is 0 Å². The Morgan fingerprint density at radius 3 is 2.39 bits per heavy atom. The van der Waals surface area contributed by atoms with Gasteiger partial charge in [0.05, 0.1) is 10.2 Å². The second-order valence-corrected chi connectivity index (χ2v) is 7.84. The average Bonchev–Trinajstić information content (AvgIpc) is 2.99. The van der Waals surface area contributed by atoms with Gasteiger partial charge in [-0.15, -0.1) is 0 Å². The predicted molar refractivity (Wildman–Crippen MR) is 95.6 cm³/mol. The zero-order chi connectivity index (χ0) is 16.8. The Morgan fingerprint density at radius 2 is 1.78 bits per heavy atom. The highest BCUT2D eigenvalue weighted by atomic mass is 32.1. The summed E-state index contributed by atoms with van der Waals surface area (Å²) in [4.78, 5) is 17.0. The Balaban J connectivity index is 2.00. The molecule has 0 fully saturated rings. The quantitative estimate of drug-likeness (QED) is 0.765. The van der Waals surface area contributed by atoms with Crippen LogP contribution in [0.25, 0.3) is 15.3 Å². The van der Waals surface area contributed by atoms with E-state index in [1.807, 2.05) is 39.0 Å². The molecule has 0 spiro atoms. The number of hydrogen-bond donors (Lipinski definition) is 1. The van der Waals surface area contributed by atoms with Crippen LogP contribution in [0.3, 0.4) is 0 Å². The van der Waals surface area contributed by atoms with Crippen molar-refractivity contribution in [2.24, 2.45) is 0 Å². The molecule has 3 aromatic rings. The third-order valence-electron chi connectivity index (χ3n) is 3.59. The summed E-state index contributed by atoms with van der Waals surface area (Å²) >= 11 is 1.60. The van der Waals surface area contributed by atoms with Gasteiger partial charge in [0.15, 0.2) is 5.13 Å². The fourth-order valence-electron chi connectivity index (χ4n) is 2.53. The van der Waals surface area contributed by atoms with Crippen molar-refractivity contribution in [3.63, 3.8) is 0 Å². The molecule has 23 heavy (non-hydrogen) atoms. The van der Waals surface area contributed by atoms with E-state index < -0.39 is 0 Å². The number of aryl methyl sites for hydroxylation is 2. The summed E-state index contributed by atoms with van der Waals surface area (Å²) in [6.07, 6.45) is 0. The molecule has 5 heteroatoms. The molecule has 3 rings (SSSR count). The Labute approximate surface area is 140 Å². The molecule has 0 atom stereocenters. The Kier molecular flexibility index (Phi) is 3.76. The second kappa shape index (κ2) is 5.49. The van der Waals surface area contributed by atoms with Gasteiger partial charge in [-0.05, 0) is 65.0 Å². The summed E-state index contributed by atoms with van der Waals surface area (Å²) in [7, 11) is 0. The van der Waals surface area contributed by atoms with Crippen molar-refractivity contribution in [2.75, 3.05) is 0 Å². The summed E-state index contributed by atoms with van der Waals surface area (Å²) in [5.74, 6) is -0.0531. The van der Waals surface area contributed by atoms with Crippen molar-refractivity contribution in [1.82, 2.24) is 14.9 Å². The van der Waals surface area contributed by atoms with Crippen LogP contribution < -0.4 is 5.32 Å². The highest BCUT2D eigenvalue weighted by Gasteiger charge is 2.17. The van der Waals surface area contributed by atoms with Crippen LogP contribution >= 0.6 is 11.3 Å². The number of rotatable bonds is 2. The minimum atomic E-state index is -0.246. The Hall–Kier alpha value is -2.14. The van der Waals surface area contributed by atoms with Gasteiger partial charge in [-0.3, -0.25) is 9.36 Å². The van der Waals surface area contributed by atoms with E-state index in [0.717, 1.165) is 26.7 Å². The monoisotopic (exact) mass is 327 g/mol. The van der Waals surface area contributed by atoms with Crippen molar-refractivity contribution in [2.45, 2.75) is 40.2 Å². The van der Waals surface area contributed by atoms with Crippen molar-refractivity contribution in [3.8, 4) is 5.13 Å². The minimum Gasteiger partial charge on any atom is -0.347 e. The molecule has 1 amide bonds. The SMILES string of the molecule is Cc1ccc(C)n1-c1nc2ccc(C(=O)NC(C)(C)C)cc2s1. The summed E-state index contributed by atoms with van der Waals surface area (Å²) in [6, 6.07) is 9.85. The standard InChI is InChI=1S/C18H21N3OS/c1-11-6-7-12(2)21(11)17-19-14-9-8-13(10-15(14)23-17)16(22)20-18(3,4)5/h6-10H,1-5H3,(H,20,22). The lowest BCUT2D eigenvalue weighted by Gasteiger charge is -2.20. The van der Waals surface area contributed by atoms with Crippen LogP contribution in [0.15, 0.2) is 30.3 Å². The van der Waals surface area contributed by atoms with E-state index in [4.69, 9.17) is 4.98 Å². The first kappa shape index (κ1) is 15.7. The van der Waals surface area contributed by atoms with Crippen LogP contribution in [0.1, 0.15) is 42.5 Å². The Morgan fingerprint density at radius 1 is 1.13 bits per heavy atom. The average molecular weight is 327 g/mol. The van der Waals surface area contributed by atoms with Crippen LogP contribution in [0, 0.1) is 13.8 Å². The van der Waals surface area contributed by atoms with E-state index in [1.54, 1.807) is 11.3 Å². The van der Waals surface area contributed by atoms with Crippen LogP contribution in [0.4, 0.5) is 0 Å².